The van der Waals surface area contributed by atoms with Gasteiger partial charge >= 0.3 is 5.97 Å². The van der Waals surface area contributed by atoms with Crippen molar-refractivity contribution in [2.75, 3.05) is 6.61 Å². The van der Waals surface area contributed by atoms with Crippen molar-refractivity contribution in [1.82, 2.24) is 0 Å². The fourth-order valence-electron chi connectivity index (χ4n) is 3.00. The first-order chi connectivity index (χ1) is 12.1. The second kappa shape index (κ2) is 18.2. The molecule has 0 amide bonds. The molecule has 0 spiro atoms. The van der Waals surface area contributed by atoms with E-state index < -0.39 is 0 Å². The minimum atomic E-state index is -0.253. The van der Waals surface area contributed by atoms with Crippen LogP contribution in [0.2, 0.25) is 0 Å². The van der Waals surface area contributed by atoms with Gasteiger partial charge in [0.05, 0.1) is 12.7 Å². The lowest BCUT2D eigenvalue weighted by Gasteiger charge is -2.11. The summed E-state index contributed by atoms with van der Waals surface area (Å²) in [5.41, 5.74) is 0. The van der Waals surface area contributed by atoms with Gasteiger partial charge in [-0.3, -0.25) is 4.79 Å². The normalized spacial score (nSPS) is 12.5. The maximum absolute atomic E-state index is 11.5. The topological polar surface area (TPSA) is 46.5 Å². The van der Waals surface area contributed by atoms with Crippen LogP contribution in [0.1, 0.15) is 117 Å². The van der Waals surface area contributed by atoms with Gasteiger partial charge in [0.1, 0.15) is 0 Å². The number of aliphatic hydroxyl groups is 1. The van der Waals surface area contributed by atoms with Gasteiger partial charge in [0, 0.05) is 6.42 Å². The Morgan fingerprint density at radius 1 is 0.800 bits per heavy atom. The number of rotatable bonds is 18. The maximum Gasteiger partial charge on any atom is 0.305 e. The molecule has 0 fully saturated rings. The molecular weight excluding hydrogens is 312 g/mol. The Bertz CT molecular complexity index is 289. The quantitative estimate of drug-likeness (QED) is 0.228. The number of unbranched alkanes of at least 4 members (excludes halogenated alkanes) is 10. The van der Waals surface area contributed by atoms with E-state index in [1.165, 1.54) is 64.2 Å². The largest absolute Gasteiger partial charge is 0.465 e. The van der Waals surface area contributed by atoms with Gasteiger partial charge in [-0.1, -0.05) is 91.4 Å². The molecule has 1 unspecified atom stereocenters. The molecule has 0 aliphatic heterocycles. The summed E-state index contributed by atoms with van der Waals surface area (Å²) in [6.07, 6.45) is 17.2. The smallest absolute Gasteiger partial charge is 0.305 e. The Morgan fingerprint density at radius 3 is 1.80 bits per heavy atom. The Kier molecular flexibility index (Phi) is 17.8. The third kappa shape index (κ3) is 19.6. The summed E-state index contributed by atoms with van der Waals surface area (Å²) in [6.45, 7) is 6.83. The zero-order valence-electron chi connectivity index (χ0n) is 17.2. The molecule has 0 aromatic rings. The summed E-state index contributed by atoms with van der Waals surface area (Å²) in [6, 6.07) is 0. The Morgan fingerprint density at radius 2 is 1.28 bits per heavy atom. The molecule has 0 rings (SSSR count). The summed E-state index contributed by atoms with van der Waals surface area (Å²) >= 11 is 0. The zero-order valence-corrected chi connectivity index (χ0v) is 17.2. The number of hydrogen-bond acceptors (Lipinski definition) is 3. The van der Waals surface area contributed by atoms with Crippen LogP contribution in [-0.4, -0.2) is 23.8 Å². The number of carbonyl (C=O) groups excluding carboxylic acids is 1. The highest BCUT2D eigenvalue weighted by molar-refractivity contribution is 5.69. The SMILES string of the molecule is CCCCCCCCCCCCCC(O)CCCC(=O)OCC(C)C. The number of hydrogen-bond donors (Lipinski definition) is 1. The molecule has 0 saturated heterocycles. The highest BCUT2D eigenvalue weighted by Gasteiger charge is 2.08. The molecule has 25 heavy (non-hydrogen) atoms. The van der Waals surface area contributed by atoms with Crippen molar-refractivity contribution in [3.05, 3.63) is 0 Å². The third-order valence-electron chi connectivity index (χ3n) is 4.64. The summed E-state index contributed by atoms with van der Waals surface area (Å²) in [4.78, 5) is 11.5. The van der Waals surface area contributed by atoms with E-state index in [1.54, 1.807) is 0 Å². The van der Waals surface area contributed by atoms with Crippen LogP contribution in [0.15, 0.2) is 0 Å². The van der Waals surface area contributed by atoms with E-state index in [1.807, 2.05) is 13.8 Å². The second-order valence-electron chi connectivity index (χ2n) is 7.95. The van der Waals surface area contributed by atoms with Crippen molar-refractivity contribution < 1.29 is 14.6 Å². The van der Waals surface area contributed by atoms with Gasteiger partial charge in [-0.05, 0) is 25.2 Å². The predicted octanol–water partition coefficient (Wildman–Crippen LogP) is 6.42. The van der Waals surface area contributed by atoms with Crippen LogP contribution in [0.4, 0.5) is 0 Å². The number of aliphatic hydroxyl groups excluding tert-OH is 1. The molecular formula is C22H44O3. The molecule has 0 saturated carbocycles. The zero-order chi connectivity index (χ0) is 18.8. The molecule has 0 aromatic heterocycles. The lowest BCUT2D eigenvalue weighted by atomic mass is 10.0. The van der Waals surface area contributed by atoms with Crippen LogP contribution < -0.4 is 0 Å². The average molecular weight is 357 g/mol. The fourth-order valence-corrected chi connectivity index (χ4v) is 3.00. The Hall–Kier alpha value is -0.570. The molecule has 150 valence electrons. The molecule has 0 aliphatic carbocycles. The average Bonchev–Trinajstić information content (AvgIpc) is 2.58. The Labute approximate surface area is 156 Å². The third-order valence-corrected chi connectivity index (χ3v) is 4.64. The van der Waals surface area contributed by atoms with Crippen molar-refractivity contribution >= 4 is 5.97 Å². The minimum Gasteiger partial charge on any atom is -0.465 e. The molecule has 0 radical (unpaired) electrons. The first-order valence-corrected chi connectivity index (χ1v) is 10.9. The van der Waals surface area contributed by atoms with Gasteiger partial charge < -0.3 is 9.84 Å². The molecule has 0 heterocycles. The lowest BCUT2D eigenvalue weighted by molar-refractivity contribution is -0.144. The monoisotopic (exact) mass is 356 g/mol. The summed E-state index contributed by atoms with van der Waals surface area (Å²) in [7, 11) is 0. The van der Waals surface area contributed by atoms with Crippen molar-refractivity contribution in [2.45, 2.75) is 123 Å². The van der Waals surface area contributed by atoms with E-state index >= 15 is 0 Å². The lowest BCUT2D eigenvalue weighted by Crippen LogP contribution is -2.11. The summed E-state index contributed by atoms with van der Waals surface area (Å²) in [5.74, 6) is 0.256. The van der Waals surface area contributed by atoms with Crippen molar-refractivity contribution in [1.29, 1.82) is 0 Å². The number of esters is 1. The first-order valence-electron chi connectivity index (χ1n) is 10.9. The van der Waals surface area contributed by atoms with Crippen LogP contribution in [-0.2, 0) is 9.53 Å². The molecule has 1 atom stereocenters. The van der Waals surface area contributed by atoms with Gasteiger partial charge in [-0.25, -0.2) is 0 Å². The van der Waals surface area contributed by atoms with Gasteiger partial charge in [-0.2, -0.15) is 0 Å². The predicted molar refractivity (Wildman–Crippen MR) is 107 cm³/mol. The van der Waals surface area contributed by atoms with Crippen molar-refractivity contribution in [2.24, 2.45) is 5.92 Å². The van der Waals surface area contributed by atoms with Gasteiger partial charge in [0.25, 0.3) is 0 Å². The standard InChI is InChI=1S/C22H44O3/c1-4-5-6-7-8-9-10-11-12-13-14-16-21(23)17-15-18-22(24)25-19-20(2)3/h20-21,23H,4-19H2,1-3H3. The fraction of sp³-hybridized carbons (Fsp3) is 0.955. The highest BCUT2D eigenvalue weighted by Crippen LogP contribution is 2.14. The van der Waals surface area contributed by atoms with Gasteiger partial charge in [-0.15, -0.1) is 0 Å². The van der Waals surface area contributed by atoms with Crippen LogP contribution in [0.3, 0.4) is 0 Å². The maximum atomic E-state index is 11.5. The first kappa shape index (κ1) is 24.4. The van der Waals surface area contributed by atoms with Crippen LogP contribution >= 0.6 is 0 Å². The van der Waals surface area contributed by atoms with E-state index in [-0.39, 0.29) is 12.1 Å². The minimum absolute atomic E-state index is 0.129. The van der Waals surface area contributed by atoms with E-state index in [0.717, 1.165) is 19.3 Å². The molecule has 3 nitrogen and oxygen atoms in total. The van der Waals surface area contributed by atoms with E-state index in [4.69, 9.17) is 4.74 Å². The summed E-state index contributed by atoms with van der Waals surface area (Å²) < 4.78 is 5.14. The van der Waals surface area contributed by atoms with Crippen molar-refractivity contribution in [3.63, 3.8) is 0 Å². The molecule has 3 heteroatoms. The van der Waals surface area contributed by atoms with Crippen molar-refractivity contribution in [3.8, 4) is 0 Å². The van der Waals surface area contributed by atoms with E-state index in [9.17, 15) is 9.90 Å². The Balaban J connectivity index is 3.27. The van der Waals surface area contributed by atoms with Crippen LogP contribution in [0, 0.1) is 5.92 Å². The number of carbonyl (C=O) groups is 1. The van der Waals surface area contributed by atoms with Crippen LogP contribution in [0.5, 0.6) is 0 Å². The molecule has 0 aromatic carbocycles. The van der Waals surface area contributed by atoms with E-state index in [0.29, 0.717) is 25.4 Å². The molecule has 1 N–H and O–H groups in total. The molecule has 0 aliphatic rings. The van der Waals surface area contributed by atoms with E-state index in [2.05, 4.69) is 6.92 Å². The number of ether oxygens (including phenoxy) is 1. The highest BCUT2D eigenvalue weighted by atomic mass is 16.5. The van der Waals surface area contributed by atoms with Crippen LogP contribution in [0.25, 0.3) is 0 Å². The summed E-state index contributed by atoms with van der Waals surface area (Å²) in [5, 5.41) is 9.97. The molecule has 0 bridgehead atoms. The second-order valence-corrected chi connectivity index (χ2v) is 7.95. The van der Waals surface area contributed by atoms with Gasteiger partial charge in [0.15, 0.2) is 0 Å². The van der Waals surface area contributed by atoms with Gasteiger partial charge in [0.2, 0.25) is 0 Å².